The summed E-state index contributed by atoms with van der Waals surface area (Å²) in [6.45, 7) is 0. The monoisotopic (exact) mass is 356 g/mol. The number of aromatic nitrogens is 1. The fourth-order valence-electron chi connectivity index (χ4n) is 1.60. The van der Waals surface area contributed by atoms with Crippen LogP contribution in [0.4, 0.5) is 30.4 Å². The predicted octanol–water partition coefficient (Wildman–Crippen LogP) is 4.06. The van der Waals surface area contributed by atoms with Gasteiger partial charge in [0.25, 0.3) is 0 Å². The molecule has 2 aromatic rings. The lowest BCUT2D eigenvalue weighted by molar-refractivity contribution is -0.138. The molecule has 0 amide bonds. The first-order valence-corrected chi connectivity index (χ1v) is 6.40. The zero-order valence-electron chi connectivity index (χ0n) is 10.4. The molecule has 108 valence electrons. The van der Waals surface area contributed by atoms with Crippen LogP contribution in [-0.2, 0) is 6.18 Å². The average molecular weight is 357 g/mol. The van der Waals surface area contributed by atoms with Crippen molar-refractivity contribution < 1.29 is 13.2 Å². The molecule has 8 heteroatoms. The Bertz CT molecular complexity index is 722. The quantitative estimate of drug-likeness (QED) is 0.850. The van der Waals surface area contributed by atoms with Crippen molar-refractivity contribution in [3.8, 4) is 6.07 Å². The van der Waals surface area contributed by atoms with Crippen molar-refractivity contribution in [2.75, 3.05) is 11.1 Å². The highest BCUT2D eigenvalue weighted by molar-refractivity contribution is 9.10. The van der Waals surface area contributed by atoms with Gasteiger partial charge in [-0.15, -0.1) is 0 Å². The van der Waals surface area contributed by atoms with Crippen LogP contribution in [-0.4, -0.2) is 4.98 Å². The minimum Gasteiger partial charge on any atom is -0.396 e. The van der Waals surface area contributed by atoms with E-state index in [-0.39, 0.29) is 27.2 Å². The molecule has 0 aliphatic heterocycles. The molecule has 0 saturated carbocycles. The first-order valence-electron chi connectivity index (χ1n) is 5.60. The average Bonchev–Trinajstić information content (AvgIpc) is 2.41. The molecule has 0 aliphatic carbocycles. The Labute approximate surface area is 126 Å². The molecule has 0 fully saturated rings. The SMILES string of the molecule is N#Cc1cnc(Nc2ccc(Br)c(C(F)(F)F)c2)c(N)c1. The van der Waals surface area contributed by atoms with E-state index in [1.807, 2.05) is 6.07 Å². The standard InChI is InChI=1S/C13H8BrF3N4/c14-10-2-1-8(4-9(10)13(15,16)17)21-12-11(19)3-7(5-18)6-20-12/h1-4,6H,19H2,(H,20,21). The normalized spacial score (nSPS) is 11.0. The summed E-state index contributed by atoms with van der Waals surface area (Å²) in [5.41, 5.74) is 5.51. The van der Waals surface area contributed by atoms with Crippen molar-refractivity contribution in [2.45, 2.75) is 6.18 Å². The van der Waals surface area contributed by atoms with E-state index in [9.17, 15) is 13.2 Å². The summed E-state index contributed by atoms with van der Waals surface area (Å²) < 4.78 is 38.4. The number of halogens is 4. The lowest BCUT2D eigenvalue weighted by Gasteiger charge is -2.13. The van der Waals surface area contributed by atoms with Crippen molar-refractivity contribution in [2.24, 2.45) is 0 Å². The largest absolute Gasteiger partial charge is 0.417 e. The van der Waals surface area contributed by atoms with Gasteiger partial charge in [0.1, 0.15) is 6.07 Å². The molecular weight excluding hydrogens is 349 g/mol. The van der Waals surface area contributed by atoms with Crippen LogP contribution >= 0.6 is 15.9 Å². The van der Waals surface area contributed by atoms with E-state index in [2.05, 4.69) is 26.2 Å². The van der Waals surface area contributed by atoms with Gasteiger partial charge in [0.2, 0.25) is 0 Å². The minimum absolute atomic E-state index is 0.0543. The number of hydrogen-bond acceptors (Lipinski definition) is 4. The maximum Gasteiger partial charge on any atom is 0.417 e. The fraction of sp³-hybridized carbons (Fsp3) is 0.0769. The minimum atomic E-state index is -4.47. The van der Waals surface area contributed by atoms with Gasteiger partial charge in [-0.2, -0.15) is 18.4 Å². The van der Waals surface area contributed by atoms with Crippen molar-refractivity contribution >= 4 is 33.1 Å². The molecule has 0 unspecified atom stereocenters. The summed E-state index contributed by atoms with van der Waals surface area (Å²) in [6, 6.07) is 6.95. The fourth-order valence-corrected chi connectivity index (χ4v) is 2.08. The number of nitrogen functional groups attached to an aromatic ring is 1. The Morgan fingerprint density at radius 3 is 2.57 bits per heavy atom. The number of nitrogens with zero attached hydrogens (tertiary/aromatic N) is 2. The van der Waals surface area contributed by atoms with Crippen molar-refractivity contribution in [3.63, 3.8) is 0 Å². The summed E-state index contributed by atoms with van der Waals surface area (Å²) in [5.74, 6) is 0.185. The molecule has 0 radical (unpaired) electrons. The number of nitrogens with one attached hydrogen (secondary N) is 1. The number of nitriles is 1. The molecular formula is C13H8BrF3N4. The molecule has 0 atom stereocenters. The Kier molecular flexibility index (Phi) is 4.04. The first-order chi connectivity index (χ1) is 9.81. The van der Waals surface area contributed by atoms with Crippen LogP contribution in [0.1, 0.15) is 11.1 Å². The highest BCUT2D eigenvalue weighted by Gasteiger charge is 2.33. The van der Waals surface area contributed by atoms with Gasteiger partial charge in [0.05, 0.1) is 16.8 Å². The molecule has 0 spiro atoms. The van der Waals surface area contributed by atoms with E-state index in [1.165, 1.54) is 24.4 Å². The summed E-state index contributed by atoms with van der Waals surface area (Å²) in [5, 5.41) is 11.4. The van der Waals surface area contributed by atoms with Crippen LogP contribution < -0.4 is 11.1 Å². The Morgan fingerprint density at radius 2 is 2.00 bits per heavy atom. The number of pyridine rings is 1. The highest BCUT2D eigenvalue weighted by atomic mass is 79.9. The van der Waals surface area contributed by atoms with E-state index in [0.29, 0.717) is 0 Å². The van der Waals surface area contributed by atoms with Gasteiger partial charge in [-0.25, -0.2) is 4.98 Å². The molecule has 0 bridgehead atoms. The van der Waals surface area contributed by atoms with Gasteiger partial charge in [-0.3, -0.25) is 0 Å². The Hall–Kier alpha value is -2.27. The van der Waals surface area contributed by atoms with Crippen LogP contribution in [0, 0.1) is 11.3 Å². The smallest absolute Gasteiger partial charge is 0.396 e. The molecule has 4 nitrogen and oxygen atoms in total. The van der Waals surface area contributed by atoms with Gasteiger partial charge in [0, 0.05) is 16.4 Å². The molecule has 1 aromatic carbocycles. The summed E-state index contributed by atoms with van der Waals surface area (Å²) in [4.78, 5) is 3.91. The van der Waals surface area contributed by atoms with Crippen LogP contribution in [0.3, 0.4) is 0 Å². The Balaban J connectivity index is 2.35. The molecule has 0 saturated heterocycles. The third-order valence-corrected chi connectivity index (χ3v) is 3.27. The van der Waals surface area contributed by atoms with Crippen molar-refractivity contribution in [1.29, 1.82) is 5.26 Å². The predicted molar refractivity (Wildman–Crippen MR) is 75.8 cm³/mol. The lowest BCUT2D eigenvalue weighted by Crippen LogP contribution is -2.07. The number of nitrogens with two attached hydrogens (primary N) is 1. The second kappa shape index (κ2) is 5.61. The zero-order valence-corrected chi connectivity index (χ0v) is 12.0. The maximum absolute atomic E-state index is 12.8. The molecule has 21 heavy (non-hydrogen) atoms. The van der Waals surface area contributed by atoms with E-state index < -0.39 is 11.7 Å². The lowest BCUT2D eigenvalue weighted by atomic mass is 10.2. The Morgan fingerprint density at radius 1 is 1.29 bits per heavy atom. The summed E-state index contributed by atoms with van der Waals surface area (Å²) >= 11 is 2.86. The van der Waals surface area contributed by atoms with E-state index >= 15 is 0 Å². The van der Waals surface area contributed by atoms with Crippen LogP contribution in [0.2, 0.25) is 0 Å². The van der Waals surface area contributed by atoms with E-state index in [4.69, 9.17) is 11.0 Å². The summed E-state index contributed by atoms with van der Waals surface area (Å²) in [7, 11) is 0. The molecule has 1 heterocycles. The maximum atomic E-state index is 12.8. The van der Waals surface area contributed by atoms with Gasteiger partial charge >= 0.3 is 6.18 Å². The zero-order chi connectivity index (χ0) is 15.6. The van der Waals surface area contributed by atoms with Gasteiger partial charge in [-0.1, -0.05) is 15.9 Å². The number of benzene rings is 1. The van der Waals surface area contributed by atoms with E-state index in [1.54, 1.807) is 0 Å². The molecule has 1 aromatic heterocycles. The number of hydrogen-bond donors (Lipinski definition) is 2. The van der Waals surface area contributed by atoms with Crippen LogP contribution in [0.15, 0.2) is 34.9 Å². The summed E-state index contributed by atoms with van der Waals surface area (Å²) in [6.07, 6.45) is -3.19. The number of alkyl halides is 3. The van der Waals surface area contributed by atoms with E-state index in [0.717, 1.165) is 6.07 Å². The van der Waals surface area contributed by atoms with Crippen LogP contribution in [0.5, 0.6) is 0 Å². The van der Waals surface area contributed by atoms with Gasteiger partial charge in [0.15, 0.2) is 5.82 Å². The third kappa shape index (κ3) is 3.44. The van der Waals surface area contributed by atoms with Gasteiger partial charge in [-0.05, 0) is 24.3 Å². The van der Waals surface area contributed by atoms with Crippen molar-refractivity contribution in [3.05, 3.63) is 46.1 Å². The number of rotatable bonds is 2. The second-order valence-corrected chi connectivity index (χ2v) is 4.95. The third-order valence-electron chi connectivity index (χ3n) is 2.58. The highest BCUT2D eigenvalue weighted by Crippen LogP contribution is 2.37. The number of anilines is 3. The molecule has 2 rings (SSSR count). The van der Waals surface area contributed by atoms with Crippen molar-refractivity contribution in [1.82, 2.24) is 4.98 Å². The molecule has 0 aliphatic rings. The first kappa shape index (κ1) is 15.1. The van der Waals surface area contributed by atoms with Crippen LogP contribution in [0.25, 0.3) is 0 Å². The molecule has 3 N–H and O–H groups in total. The second-order valence-electron chi connectivity index (χ2n) is 4.09. The van der Waals surface area contributed by atoms with Gasteiger partial charge < -0.3 is 11.1 Å². The topological polar surface area (TPSA) is 74.7 Å².